The van der Waals surface area contributed by atoms with Gasteiger partial charge in [-0.05, 0) is 63.8 Å². The molecule has 2 aliphatic rings. The minimum absolute atomic E-state index is 0.00546. The van der Waals surface area contributed by atoms with Crippen LogP contribution in [0, 0.1) is 5.82 Å². The van der Waals surface area contributed by atoms with Crippen molar-refractivity contribution in [2.45, 2.75) is 63.3 Å². The molecule has 2 fully saturated rings. The van der Waals surface area contributed by atoms with Gasteiger partial charge in [-0.25, -0.2) is 9.07 Å². The molecule has 0 amide bonds. The van der Waals surface area contributed by atoms with E-state index in [-0.39, 0.29) is 23.7 Å². The molecule has 1 aromatic carbocycles. The average molecular weight is 616 g/mol. The summed E-state index contributed by atoms with van der Waals surface area (Å²) in [6, 6.07) is 6.73. The Bertz CT molecular complexity index is 1500. The molecule has 0 bridgehead atoms. The predicted molar refractivity (Wildman–Crippen MR) is 147 cm³/mol. The molecule has 0 atom stereocenters. The lowest BCUT2D eigenvalue weighted by molar-refractivity contribution is -0.0501. The zero-order valence-corrected chi connectivity index (χ0v) is 24.3. The highest BCUT2D eigenvalue weighted by Gasteiger charge is 2.49. The van der Waals surface area contributed by atoms with E-state index in [1.165, 1.54) is 35.0 Å². The Labute approximate surface area is 241 Å². The second kappa shape index (κ2) is 11.8. The van der Waals surface area contributed by atoms with E-state index < -0.39 is 27.3 Å². The first-order valence-electron chi connectivity index (χ1n) is 13.7. The van der Waals surface area contributed by atoms with Gasteiger partial charge in [0.25, 0.3) is 0 Å². The van der Waals surface area contributed by atoms with Crippen LogP contribution in [0.25, 0.3) is 16.7 Å². The molecular formula is C27H33F4N5O5S. The number of anilines is 1. The summed E-state index contributed by atoms with van der Waals surface area (Å²) in [4.78, 5) is 8.54. The van der Waals surface area contributed by atoms with Gasteiger partial charge in [0.1, 0.15) is 11.2 Å². The number of halogens is 4. The molecule has 0 spiro atoms. The third-order valence-corrected chi connectivity index (χ3v) is 8.55. The maximum atomic E-state index is 13.7. The Balaban J connectivity index is 1.56. The van der Waals surface area contributed by atoms with Crippen LogP contribution in [0.5, 0.6) is 11.8 Å². The normalized spacial score (nSPS) is 18.2. The second-order valence-electron chi connectivity index (χ2n) is 10.7. The maximum absolute atomic E-state index is 13.7. The van der Waals surface area contributed by atoms with Crippen LogP contribution in [0.15, 0.2) is 30.3 Å². The lowest BCUT2D eigenvalue weighted by Crippen LogP contribution is -2.48. The summed E-state index contributed by atoms with van der Waals surface area (Å²) in [7, 11) is -4.28. The Hall–Kier alpha value is -3.17. The van der Waals surface area contributed by atoms with E-state index >= 15 is 0 Å². The molecule has 0 N–H and O–H groups in total. The zero-order valence-electron chi connectivity index (χ0n) is 23.5. The summed E-state index contributed by atoms with van der Waals surface area (Å²) in [5, 5.41) is 4.89. The molecule has 2 aliphatic heterocycles. The van der Waals surface area contributed by atoms with Crippen molar-refractivity contribution in [2.75, 3.05) is 38.2 Å². The van der Waals surface area contributed by atoms with Crippen molar-refractivity contribution in [1.29, 1.82) is 0 Å². The molecule has 42 heavy (non-hydrogen) atoms. The second-order valence-corrected chi connectivity index (χ2v) is 12.2. The van der Waals surface area contributed by atoms with E-state index in [0.29, 0.717) is 35.9 Å². The average Bonchev–Trinajstić information content (AvgIpc) is 3.29. The van der Waals surface area contributed by atoms with E-state index in [2.05, 4.69) is 19.2 Å². The zero-order chi connectivity index (χ0) is 30.2. The standard InChI is InChI=1S/C27H33F4N5O5S/c1-17(2)40-26-24-22(35-12-8-19(9-13-35)34-14-10-21(39-3)11-15-34)16-23(41-42(37,38)27(29,30)31)32-25(24)36(33-26)20-6-4-18(28)5-7-20/h4-7,16-17,19,21H,8-15H2,1-3H3. The molecule has 5 rings (SSSR count). The highest BCUT2D eigenvalue weighted by molar-refractivity contribution is 7.87. The lowest BCUT2D eigenvalue weighted by Gasteiger charge is -2.42. The summed E-state index contributed by atoms with van der Waals surface area (Å²) in [6.07, 6.45) is 3.41. The number of fused-ring (bicyclic) bond motifs is 1. The van der Waals surface area contributed by atoms with Crippen molar-refractivity contribution in [3.05, 3.63) is 36.1 Å². The summed E-state index contributed by atoms with van der Waals surface area (Å²) in [5.41, 5.74) is -4.92. The molecule has 0 radical (unpaired) electrons. The number of rotatable bonds is 8. The number of methoxy groups -OCH3 is 1. The molecule has 230 valence electrons. The Morgan fingerprint density at radius 2 is 1.64 bits per heavy atom. The van der Waals surface area contributed by atoms with E-state index in [9.17, 15) is 26.0 Å². The van der Waals surface area contributed by atoms with Crippen LogP contribution in [-0.2, 0) is 14.9 Å². The summed E-state index contributed by atoms with van der Waals surface area (Å²) < 4.78 is 94.6. The number of alkyl halides is 3. The first kappa shape index (κ1) is 30.3. The third kappa shape index (κ3) is 6.27. The molecule has 4 heterocycles. The number of benzene rings is 1. The van der Waals surface area contributed by atoms with Gasteiger partial charge in [0, 0.05) is 45.4 Å². The largest absolute Gasteiger partial charge is 0.534 e. The SMILES string of the molecule is COC1CCN(C2CCN(c3cc(OS(=O)(=O)C(F)(F)F)nc4c3c(OC(C)C)nn4-c3ccc(F)cc3)CC2)CC1. The highest BCUT2D eigenvalue weighted by atomic mass is 32.2. The van der Waals surface area contributed by atoms with Crippen LogP contribution in [-0.4, -0.2) is 85.1 Å². The number of nitrogens with zero attached hydrogens (tertiary/aromatic N) is 5. The lowest BCUT2D eigenvalue weighted by atomic mass is 9.98. The first-order chi connectivity index (χ1) is 19.9. The monoisotopic (exact) mass is 615 g/mol. The first-order valence-corrected chi connectivity index (χ1v) is 15.2. The fourth-order valence-electron chi connectivity index (χ4n) is 5.51. The van der Waals surface area contributed by atoms with Crippen LogP contribution < -0.4 is 13.8 Å². The van der Waals surface area contributed by atoms with Gasteiger partial charge in [-0.1, -0.05) is 0 Å². The molecule has 2 saturated heterocycles. The van der Waals surface area contributed by atoms with Gasteiger partial charge in [-0.2, -0.15) is 26.6 Å². The molecule has 0 aliphatic carbocycles. The maximum Gasteiger partial charge on any atom is 0.534 e. The van der Waals surface area contributed by atoms with Gasteiger partial charge in [-0.15, -0.1) is 5.10 Å². The molecule has 2 aromatic heterocycles. The third-order valence-electron chi connectivity index (χ3n) is 7.59. The van der Waals surface area contributed by atoms with Gasteiger partial charge in [0.2, 0.25) is 11.8 Å². The van der Waals surface area contributed by atoms with Gasteiger partial charge in [-0.3, -0.25) is 0 Å². The van der Waals surface area contributed by atoms with Crippen molar-refractivity contribution < 1.29 is 39.6 Å². The fraction of sp³-hybridized carbons (Fsp3) is 0.556. The molecular weight excluding hydrogens is 582 g/mol. The number of ether oxygens (including phenoxy) is 2. The Morgan fingerprint density at radius 1 is 1.00 bits per heavy atom. The van der Waals surface area contributed by atoms with Gasteiger partial charge in [0.15, 0.2) is 5.65 Å². The van der Waals surface area contributed by atoms with Crippen LogP contribution in [0.3, 0.4) is 0 Å². The van der Waals surface area contributed by atoms with E-state index in [1.54, 1.807) is 21.0 Å². The van der Waals surface area contributed by atoms with Crippen LogP contribution >= 0.6 is 0 Å². The predicted octanol–water partition coefficient (Wildman–Crippen LogP) is 4.65. The van der Waals surface area contributed by atoms with Crippen LogP contribution in [0.1, 0.15) is 39.5 Å². The van der Waals surface area contributed by atoms with Crippen LogP contribution in [0.2, 0.25) is 0 Å². The van der Waals surface area contributed by atoms with Gasteiger partial charge in [0.05, 0.1) is 23.6 Å². The van der Waals surface area contributed by atoms with E-state index in [4.69, 9.17) is 9.47 Å². The minimum atomic E-state index is -6.00. The Kier molecular flexibility index (Phi) is 8.54. The van der Waals surface area contributed by atoms with Gasteiger partial charge < -0.3 is 23.5 Å². The number of pyridine rings is 1. The van der Waals surface area contributed by atoms with Crippen molar-refractivity contribution in [3.8, 4) is 17.4 Å². The Morgan fingerprint density at radius 3 is 2.21 bits per heavy atom. The highest BCUT2D eigenvalue weighted by Crippen LogP contribution is 2.40. The number of aromatic nitrogens is 3. The number of hydrogen-bond acceptors (Lipinski definition) is 9. The quantitative estimate of drug-likeness (QED) is 0.204. The number of likely N-dealkylation sites (tertiary alicyclic amines) is 1. The molecule has 0 saturated carbocycles. The molecule has 0 unspecified atom stereocenters. The van der Waals surface area contributed by atoms with Crippen molar-refractivity contribution in [3.63, 3.8) is 0 Å². The molecule has 15 heteroatoms. The van der Waals surface area contributed by atoms with Crippen molar-refractivity contribution >= 4 is 26.8 Å². The number of hydrogen-bond donors (Lipinski definition) is 0. The summed E-state index contributed by atoms with van der Waals surface area (Å²) in [6.45, 7) is 6.52. The molecule has 10 nitrogen and oxygen atoms in total. The van der Waals surface area contributed by atoms with Crippen molar-refractivity contribution in [1.82, 2.24) is 19.7 Å². The fourth-order valence-corrected chi connectivity index (χ4v) is 5.92. The molecule has 3 aromatic rings. The summed E-state index contributed by atoms with van der Waals surface area (Å²) in [5.74, 6) is -1.11. The smallest absolute Gasteiger partial charge is 0.473 e. The van der Waals surface area contributed by atoms with E-state index in [1.807, 2.05) is 4.90 Å². The van der Waals surface area contributed by atoms with E-state index in [0.717, 1.165) is 38.8 Å². The number of piperidine rings is 2. The van der Waals surface area contributed by atoms with Crippen LogP contribution in [0.4, 0.5) is 23.2 Å². The van der Waals surface area contributed by atoms with Gasteiger partial charge >= 0.3 is 15.6 Å². The topological polar surface area (TPSA) is 99.0 Å². The summed E-state index contributed by atoms with van der Waals surface area (Å²) >= 11 is 0. The minimum Gasteiger partial charge on any atom is -0.473 e. The van der Waals surface area contributed by atoms with Crippen molar-refractivity contribution in [2.24, 2.45) is 0 Å².